The van der Waals surface area contributed by atoms with Gasteiger partial charge in [-0.05, 0) is 36.1 Å². The molecule has 1 unspecified atom stereocenters. The van der Waals surface area contributed by atoms with Gasteiger partial charge in [0, 0.05) is 4.90 Å². The molecule has 2 aromatic rings. The normalized spacial score (nSPS) is 12.1. The smallest absolute Gasteiger partial charge is 0.119 e. The Hall–Kier alpha value is -1.45. The molecule has 3 heteroatoms. The van der Waals surface area contributed by atoms with E-state index in [0.29, 0.717) is 0 Å². The van der Waals surface area contributed by atoms with Gasteiger partial charge in [0.05, 0.1) is 0 Å². The van der Waals surface area contributed by atoms with Crippen molar-refractivity contribution in [3.8, 4) is 5.75 Å². The zero-order chi connectivity index (χ0) is 12.8. The highest BCUT2D eigenvalue weighted by molar-refractivity contribution is 7.98. The Balaban J connectivity index is 1.91. The molecule has 94 valence electrons. The van der Waals surface area contributed by atoms with Crippen LogP contribution < -0.4 is 4.74 Å². The molecule has 0 amide bonds. The minimum absolute atomic E-state index is 0.266. The van der Waals surface area contributed by atoms with Gasteiger partial charge in [0.15, 0.2) is 0 Å². The number of aliphatic hydroxyl groups excluding tert-OH is 1. The van der Waals surface area contributed by atoms with Crippen LogP contribution in [0.3, 0.4) is 0 Å². The monoisotopic (exact) mass is 260 g/mol. The Labute approximate surface area is 112 Å². The predicted octanol–water partition coefficient (Wildman–Crippen LogP) is 3.52. The lowest BCUT2D eigenvalue weighted by Crippen LogP contribution is -2.09. The summed E-state index contributed by atoms with van der Waals surface area (Å²) in [5.74, 6) is 0.780. The molecule has 0 heterocycles. The Bertz CT molecular complexity index is 468. The fraction of sp³-hybridized carbons (Fsp3) is 0.200. The van der Waals surface area contributed by atoms with Gasteiger partial charge in [-0.1, -0.05) is 30.3 Å². The van der Waals surface area contributed by atoms with Crippen LogP contribution in [0, 0.1) is 0 Å². The number of hydrogen-bond donors (Lipinski definition) is 1. The summed E-state index contributed by atoms with van der Waals surface area (Å²) >= 11 is 1.69. The lowest BCUT2D eigenvalue weighted by molar-refractivity contribution is 0.108. The minimum atomic E-state index is -0.591. The van der Waals surface area contributed by atoms with Crippen molar-refractivity contribution >= 4 is 11.8 Å². The van der Waals surface area contributed by atoms with Crippen molar-refractivity contribution in [1.82, 2.24) is 0 Å². The van der Waals surface area contributed by atoms with Gasteiger partial charge in [0.1, 0.15) is 18.5 Å². The highest BCUT2D eigenvalue weighted by Crippen LogP contribution is 2.20. The van der Waals surface area contributed by atoms with Crippen molar-refractivity contribution in [1.29, 1.82) is 0 Å². The molecule has 0 bridgehead atoms. The second-order valence-corrected chi connectivity index (χ2v) is 4.79. The first-order valence-corrected chi connectivity index (χ1v) is 7.02. The fourth-order valence-corrected chi connectivity index (χ4v) is 2.03. The van der Waals surface area contributed by atoms with Gasteiger partial charge in [-0.25, -0.2) is 0 Å². The van der Waals surface area contributed by atoms with Crippen LogP contribution >= 0.6 is 11.8 Å². The molecule has 18 heavy (non-hydrogen) atoms. The van der Waals surface area contributed by atoms with Crippen molar-refractivity contribution < 1.29 is 9.84 Å². The second kappa shape index (κ2) is 6.47. The van der Waals surface area contributed by atoms with Crippen molar-refractivity contribution in [2.45, 2.75) is 11.0 Å². The molecule has 2 nitrogen and oxygen atoms in total. The van der Waals surface area contributed by atoms with Crippen molar-refractivity contribution in [3.05, 3.63) is 60.2 Å². The summed E-state index contributed by atoms with van der Waals surface area (Å²) in [4.78, 5) is 1.20. The summed E-state index contributed by atoms with van der Waals surface area (Å²) < 4.78 is 5.56. The van der Waals surface area contributed by atoms with Crippen LogP contribution in [0.4, 0.5) is 0 Å². The number of benzene rings is 2. The first-order chi connectivity index (χ1) is 8.79. The average Bonchev–Trinajstić information content (AvgIpc) is 2.46. The summed E-state index contributed by atoms with van der Waals surface area (Å²) in [7, 11) is 0. The molecule has 2 rings (SSSR count). The lowest BCUT2D eigenvalue weighted by Gasteiger charge is -2.12. The van der Waals surface area contributed by atoms with Crippen LogP contribution in [-0.2, 0) is 0 Å². The molecule has 0 aliphatic heterocycles. The second-order valence-electron chi connectivity index (χ2n) is 3.91. The lowest BCUT2D eigenvalue weighted by atomic mass is 10.1. The van der Waals surface area contributed by atoms with Gasteiger partial charge in [-0.2, -0.15) is 0 Å². The van der Waals surface area contributed by atoms with Crippen molar-refractivity contribution in [3.63, 3.8) is 0 Å². The van der Waals surface area contributed by atoms with Gasteiger partial charge in [0.2, 0.25) is 0 Å². The first-order valence-electron chi connectivity index (χ1n) is 5.79. The summed E-state index contributed by atoms with van der Waals surface area (Å²) in [6.07, 6.45) is 1.45. The zero-order valence-electron chi connectivity index (χ0n) is 10.2. The van der Waals surface area contributed by atoms with E-state index in [9.17, 15) is 5.11 Å². The maximum absolute atomic E-state index is 9.95. The minimum Gasteiger partial charge on any atom is -0.491 e. The number of thioether (sulfide) groups is 1. The average molecular weight is 260 g/mol. The number of hydrogen-bond acceptors (Lipinski definition) is 3. The molecule has 0 aliphatic carbocycles. The van der Waals surface area contributed by atoms with E-state index < -0.39 is 6.10 Å². The highest BCUT2D eigenvalue weighted by atomic mass is 32.2. The molecule has 0 saturated carbocycles. The van der Waals surface area contributed by atoms with Crippen LogP contribution in [0.1, 0.15) is 11.7 Å². The van der Waals surface area contributed by atoms with Gasteiger partial charge < -0.3 is 9.84 Å². The Morgan fingerprint density at radius 3 is 2.33 bits per heavy atom. The number of ether oxygens (including phenoxy) is 1. The van der Waals surface area contributed by atoms with Crippen LogP contribution in [-0.4, -0.2) is 18.0 Å². The van der Waals surface area contributed by atoms with Crippen LogP contribution in [0.15, 0.2) is 59.5 Å². The molecule has 0 spiro atoms. The summed E-state index contributed by atoms with van der Waals surface area (Å²) in [6.45, 7) is 0.266. The van der Waals surface area contributed by atoms with Crippen molar-refractivity contribution in [2.75, 3.05) is 12.9 Å². The summed E-state index contributed by atoms with van der Waals surface area (Å²) in [6, 6.07) is 17.4. The maximum Gasteiger partial charge on any atom is 0.119 e. The van der Waals surface area contributed by atoms with E-state index in [1.807, 2.05) is 60.9 Å². The Morgan fingerprint density at radius 2 is 1.72 bits per heavy atom. The third-order valence-corrected chi connectivity index (χ3v) is 3.40. The molecule has 0 aliphatic rings. The molecular formula is C15H16O2S. The topological polar surface area (TPSA) is 29.5 Å². The number of aliphatic hydroxyl groups is 1. The predicted molar refractivity (Wildman–Crippen MR) is 75.1 cm³/mol. The Kier molecular flexibility index (Phi) is 4.67. The van der Waals surface area contributed by atoms with E-state index in [-0.39, 0.29) is 6.61 Å². The number of rotatable bonds is 5. The van der Waals surface area contributed by atoms with Gasteiger partial charge in [-0.3, -0.25) is 0 Å². The fourth-order valence-electron chi connectivity index (χ4n) is 1.62. The van der Waals surface area contributed by atoms with E-state index in [2.05, 4.69) is 0 Å². The van der Waals surface area contributed by atoms with E-state index >= 15 is 0 Å². The zero-order valence-corrected chi connectivity index (χ0v) is 11.1. The highest BCUT2D eigenvalue weighted by Gasteiger charge is 2.07. The van der Waals surface area contributed by atoms with E-state index in [4.69, 9.17) is 4.74 Å². The summed E-state index contributed by atoms with van der Waals surface area (Å²) in [5, 5.41) is 9.95. The third-order valence-electron chi connectivity index (χ3n) is 2.65. The van der Waals surface area contributed by atoms with E-state index in [0.717, 1.165) is 11.3 Å². The van der Waals surface area contributed by atoms with Crippen molar-refractivity contribution in [2.24, 2.45) is 0 Å². The SMILES string of the molecule is CSc1ccc(OCC(O)c2ccccc2)cc1. The van der Waals surface area contributed by atoms with Crippen LogP contribution in [0.2, 0.25) is 0 Å². The van der Waals surface area contributed by atoms with Gasteiger partial charge in [-0.15, -0.1) is 11.8 Å². The molecule has 1 N–H and O–H groups in total. The van der Waals surface area contributed by atoms with E-state index in [1.54, 1.807) is 11.8 Å². The standard InChI is InChI=1S/C15H16O2S/c1-18-14-9-7-13(8-10-14)17-11-15(16)12-5-3-2-4-6-12/h2-10,15-16H,11H2,1H3. The first kappa shape index (κ1) is 13.0. The molecule has 1 atom stereocenters. The molecule has 2 aromatic carbocycles. The summed E-state index contributed by atoms with van der Waals surface area (Å²) in [5.41, 5.74) is 0.873. The molecule has 0 radical (unpaired) electrons. The quantitative estimate of drug-likeness (QED) is 0.834. The van der Waals surface area contributed by atoms with E-state index in [1.165, 1.54) is 4.90 Å². The molecule has 0 aromatic heterocycles. The Morgan fingerprint density at radius 1 is 1.06 bits per heavy atom. The maximum atomic E-state index is 9.95. The van der Waals surface area contributed by atoms with Gasteiger partial charge in [0.25, 0.3) is 0 Å². The van der Waals surface area contributed by atoms with Crippen LogP contribution in [0.5, 0.6) is 5.75 Å². The van der Waals surface area contributed by atoms with Gasteiger partial charge >= 0.3 is 0 Å². The molecule has 0 fully saturated rings. The largest absolute Gasteiger partial charge is 0.491 e. The third kappa shape index (κ3) is 3.52. The molecule has 0 saturated heterocycles. The molecular weight excluding hydrogens is 244 g/mol. The van der Waals surface area contributed by atoms with Crippen LogP contribution in [0.25, 0.3) is 0 Å².